The fourth-order valence-electron chi connectivity index (χ4n) is 4.72. The van der Waals surface area contributed by atoms with Crippen LogP contribution in [-0.4, -0.2) is 44.5 Å². The first-order chi connectivity index (χ1) is 15.2. The predicted molar refractivity (Wildman–Crippen MR) is 117 cm³/mol. The van der Waals surface area contributed by atoms with Gasteiger partial charge in [0.05, 0.1) is 0 Å². The van der Waals surface area contributed by atoms with Gasteiger partial charge in [0.2, 0.25) is 11.6 Å². The van der Waals surface area contributed by atoms with Gasteiger partial charge in [-0.15, -0.1) is 0 Å². The molecule has 0 heterocycles. The van der Waals surface area contributed by atoms with Crippen LogP contribution in [0.2, 0.25) is 0 Å². The highest BCUT2D eigenvalue weighted by atomic mass is 16.3. The number of rotatable bonds is 7. The third-order valence-corrected chi connectivity index (χ3v) is 6.73. The molecule has 0 radical (unpaired) electrons. The molecule has 2 N–H and O–H groups in total. The second-order valence-corrected chi connectivity index (χ2v) is 8.95. The third-order valence-electron chi connectivity index (χ3n) is 6.73. The lowest BCUT2D eigenvalue weighted by Crippen LogP contribution is -2.35. The number of carbonyl (C=O) groups excluding carboxylic acids is 4. The predicted octanol–water partition coefficient (Wildman–Crippen LogP) is 3.73. The summed E-state index contributed by atoms with van der Waals surface area (Å²) in [5, 5.41) is 20.9. The van der Waals surface area contributed by atoms with Crippen molar-refractivity contribution in [3.05, 3.63) is 70.8 Å². The maximum absolute atomic E-state index is 12.6. The van der Waals surface area contributed by atoms with Crippen molar-refractivity contribution in [2.24, 2.45) is 0 Å². The smallest absolute Gasteiger partial charge is 0.233 e. The Kier molecular flexibility index (Phi) is 5.93. The molecule has 2 aliphatic rings. The van der Waals surface area contributed by atoms with Crippen LogP contribution in [0, 0.1) is 0 Å². The maximum Gasteiger partial charge on any atom is 0.233 e. The number of ketones is 4. The summed E-state index contributed by atoms with van der Waals surface area (Å²) < 4.78 is 0. The summed E-state index contributed by atoms with van der Waals surface area (Å²) in [5.74, 6) is -2.16. The number of Topliss-reactive ketones (excluding diaryl/α,β-unsaturated/α-hetero) is 4. The standard InChI is InChI=1S/C26H26O6/c27-21(17-5-9-19(10-6-17)23(29)25(31)13-1-2-14-25)22(28)18-7-11-20(12-8-18)24(30)26(32)15-3-4-16-26/h5-12,31-32H,1-4,13-16H2. The highest BCUT2D eigenvalue weighted by molar-refractivity contribution is 6.49. The van der Waals surface area contributed by atoms with Crippen LogP contribution >= 0.6 is 0 Å². The molecule has 4 rings (SSSR count). The summed E-state index contributed by atoms with van der Waals surface area (Å²) in [6.45, 7) is 0. The second-order valence-electron chi connectivity index (χ2n) is 8.95. The van der Waals surface area contributed by atoms with Crippen molar-refractivity contribution in [1.29, 1.82) is 0 Å². The molecule has 6 heteroatoms. The minimum Gasteiger partial charge on any atom is -0.382 e. The van der Waals surface area contributed by atoms with Crippen molar-refractivity contribution in [3.8, 4) is 0 Å². The van der Waals surface area contributed by atoms with Gasteiger partial charge in [0, 0.05) is 22.3 Å². The maximum atomic E-state index is 12.6. The van der Waals surface area contributed by atoms with Crippen LogP contribution in [-0.2, 0) is 0 Å². The molecule has 2 fully saturated rings. The fraction of sp³-hybridized carbons (Fsp3) is 0.385. The van der Waals surface area contributed by atoms with E-state index in [-0.39, 0.29) is 22.7 Å². The minimum atomic E-state index is -1.34. The van der Waals surface area contributed by atoms with Gasteiger partial charge in [-0.25, -0.2) is 0 Å². The molecular weight excluding hydrogens is 408 g/mol. The molecular formula is C26H26O6. The summed E-state index contributed by atoms with van der Waals surface area (Å²) in [7, 11) is 0. The van der Waals surface area contributed by atoms with Crippen LogP contribution in [0.3, 0.4) is 0 Å². The third kappa shape index (κ3) is 4.08. The van der Waals surface area contributed by atoms with E-state index < -0.39 is 22.8 Å². The molecule has 6 nitrogen and oxygen atoms in total. The van der Waals surface area contributed by atoms with Crippen LogP contribution in [0.5, 0.6) is 0 Å². The molecule has 0 aliphatic heterocycles. The Morgan fingerprint density at radius 3 is 1.03 bits per heavy atom. The first kappa shape index (κ1) is 22.2. The lowest BCUT2D eigenvalue weighted by molar-refractivity contribution is 0.0352. The molecule has 0 amide bonds. The van der Waals surface area contributed by atoms with E-state index in [1.54, 1.807) is 0 Å². The molecule has 0 atom stereocenters. The Labute approximate surface area is 186 Å². The van der Waals surface area contributed by atoms with E-state index in [9.17, 15) is 29.4 Å². The molecule has 2 aliphatic carbocycles. The molecule has 0 bridgehead atoms. The lowest BCUT2D eigenvalue weighted by atomic mass is 9.89. The summed E-state index contributed by atoms with van der Waals surface area (Å²) in [6.07, 6.45) is 4.94. The summed E-state index contributed by atoms with van der Waals surface area (Å²) in [5.41, 5.74) is -1.77. The molecule has 2 aromatic rings. The van der Waals surface area contributed by atoms with E-state index in [4.69, 9.17) is 0 Å². The van der Waals surface area contributed by atoms with E-state index in [1.807, 2.05) is 0 Å². The Balaban J connectivity index is 1.46. The average molecular weight is 434 g/mol. The van der Waals surface area contributed by atoms with E-state index >= 15 is 0 Å². The van der Waals surface area contributed by atoms with Gasteiger partial charge in [0.25, 0.3) is 0 Å². The van der Waals surface area contributed by atoms with E-state index in [0.717, 1.165) is 25.7 Å². The first-order valence-corrected chi connectivity index (χ1v) is 11.1. The van der Waals surface area contributed by atoms with Gasteiger partial charge < -0.3 is 10.2 Å². The Morgan fingerprint density at radius 2 is 0.750 bits per heavy atom. The fourth-order valence-corrected chi connectivity index (χ4v) is 4.72. The van der Waals surface area contributed by atoms with Crippen molar-refractivity contribution in [2.45, 2.75) is 62.6 Å². The highest BCUT2D eigenvalue weighted by Gasteiger charge is 2.40. The van der Waals surface area contributed by atoms with Crippen molar-refractivity contribution >= 4 is 23.1 Å². The van der Waals surface area contributed by atoms with E-state index in [0.29, 0.717) is 36.8 Å². The molecule has 2 aromatic carbocycles. The first-order valence-electron chi connectivity index (χ1n) is 11.1. The van der Waals surface area contributed by atoms with Gasteiger partial charge in [0.1, 0.15) is 11.2 Å². The second kappa shape index (κ2) is 8.52. The van der Waals surface area contributed by atoms with E-state index in [2.05, 4.69) is 0 Å². The molecule has 0 aromatic heterocycles. The molecule has 0 unspecified atom stereocenters. The topological polar surface area (TPSA) is 109 Å². The monoisotopic (exact) mass is 434 g/mol. The number of hydrogen-bond acceptors (Lipinski definition) is 6. The Bertz CT molecular complexity index is 965. The number of hydrogen-bond donors (Lipinski definition) is 2. The van der Waals surface area contributed by atoms with E-state index in [1.165, 1.54) is 48.5 Å². The summed E-state index contributed by atoms with van der Waals surface area (Å²) >= 11 is 0. The van der Waals surface area contributed by atoms with Crippen LogP contribution in [0.4, 0.5) is 0 Å². The molecule has 32 heavy (non-hydrogen) atoms. The van der Waals surface area contributed by atoms with Crippen molar-refractivity contribution in [1.82, 2.24) is 0 Å². The Hall–Kier alpha value is -2.96. The molecule has 0 spiro atoms. The minimum absolute atomic E-state index is 0.144. The van der Waals surface area contributed by atoms with Gasteiger partial charge in [-0.3, -0.25) is 19.2 Å². The molecule has 2 saturated carbocycles. The lowest BCUT2D eigenvalue weighted by Gasteiger charge is -2.20. The highest BCUT2D eigenvalue weighted by Crippen LogP contribution is 2.33. The quantitative estimate of drug-likeness (QED) is 0.508. The van der Waals surface area contributed by atoms with Gasteiger partial charge in [-0.1, -0.05) is 48.5 Å². The van der Waals surface area contributed by atoms with Crippen LogP contribution < -0.4 is 0 Å². The average Bonchev–Trinajstić information content (AvgIpc) is 3.47. The van der Waals surface area contributed by atoms with Crippen LogP contribution in [0.25, 0.3) is 0 Å². The van der Waals surface area contributed by atoms with Crippen molar-refractivity contribution in [3.63, 3.8) is 0 Å². The van der Waals surface area contributed by atoms with Crippen molar-refractivity contribution in [2.75, 3.05) is 0 Å². The zero-order valence-electron chi connectivity index (χ0n) is 17.8. The SMILES string of the molecule is O=C(C(=O)c1ccc(C(=O)C2(O)CCCC2)cc1)c1ccc(C(=O)C2(O)CCCC2)cc1. The zero-order chi connectivity index (χ0) is 22.9. The van der Waals surface area contributed by atoms with Crippen LogP contribution in [0.1, 0.15) is 92.8 Å². The normalized spacial score (nSPS) is 18.9. The molecule has 166 valence electrons. The van der Waals surface area contributed by atoms with Gasteiger partial charge in [-0.2, -0.15) is 0 Å². The van der Waals surface area contributed by atoms with Crippen molar-refractivity contribution < 1.29 is 29.4 Å². The van der Waals surface area contributed by atoms with Gasteiger partial charge in [-0.05, 0) is 51.4 Å². The number of aliphatic hydroxyl groups is 2. The van der Waals surface area contributed by atoms with Crippen LogP contribution in [0.15, 0.2) is 48.5 Å². The number of carbonyl (C=O) groups is 4. The van der Waals surface area contributed by atoms with Gasteiger partial charge in [0.15, 0.2) is 11.6 Å². The Morgan fingerprint density at radius 1 is 0.500 bits per heavy atom. The van der Waals surface area contributed by atoms with Gasteiger partial charge >= 0.3 is 0 Å². The largest absolute Gasteiger partial charge is 0.382 e. The zero-order valence-corrected chi connectivity index (χ0v) is 17.8. The summed E-state index contributed by atoms with van der Waals surface area (Å²) in [6, 6.07) is 11.5. The summed E-state index contributed by atoms with van der Waals surface area (Å²) in [4.78, 5) is 50.4. The number of benzene rings is 2. The molecule has 0 saturated heterocycles.